The molecule has 8 heteroatoms. The minimum Gasteiger partial charge on any atom is -0.279 e. The van der Waals surface area contributed by atoms with Gasteiger partial charge in [-0.1, -0.05) is 11.6 Å². The van der Waals surface area contributed by atoms with Gasteiger partial charge in [-0.2, -0.15) is 0 Å². The third-order valence-corrected chi connectivity index (χ3v) is 4.96. The number of hydrogen-bond donors (Lipinski definition) is 0. The van der Waals surface area contributed by atoms with Crippen LogP contribution in [0.5, 0.6) is 0 Å². The van der Waals surface area contributed by atoms with Crippen LogP contribution in [0, 0.1) is 5.82 Å². The molecule has 19 heavy (non-hydrogen) atoms. The molecule has 0 fully saturated rings. The molecule has 0 heterocycles. The summed E-state index contributed by atoms with van der Waals surface area (Å²) in [7, 11) is -3.74. The molecule has 4 nitrogen and oxygen atoms in total. The second kappa shape index (κ2) is 6.07. The Morgan fingerprint density at radius 3 is 2.47 bits per heavy atom. The van der Waals surface area contributed by atoms with Crippen molar-refractivity contribution in [2.45, 2.75) is 19.9 Å². The Kier molecular flexibility index (Phi) is 5.18. The van der Waals surface area contributed by atoms with Crippen LogP contribution in [0.2, 0.25) is 5.02 Å². The number of anilines is 1. The smallest absolute Gasteiger partial charge is 0.245 e. The van der Waals surface area contributed by atoms with Crippen LogP contribution in [0.3, 0.4) is 0 Å². The number of rotatable bonds is 5. The highest BCUT2D eigenvalue weighted by Gasteiger charge is 2.30. The molecule has 1 unspecified atom stereocenters. The maximum atomic E-state index is 13.1. The Labute approximate surface area is 121 Å². The first kappa shape index (κ1) is 16.2. The summed E-state index contributed by atoms with van der Waals surface area (Å²) in [6, 6.07) is 2.29. The molecule has 0 saturated carbocycles. The molecule has 0 aliphatic heterocycles. The molecule has 1 aromatic carbocycles. The zero-order valence-electron chi connectivity index (χ0n) is 10.2. The third kappa shape index (κ3) is 3.58. The summed E-state index contributed by atoms with van der Waals surface area (Å²) in [5.41, 5.74) is 0.0924. The largest absolute Gasteiger partial charge is 0.279 e. The quantitative estimate of drug-likeness (QED) is 0.781. The van der Waals surface area contributed by atoms with E-state index in [1.54, 1.807) is 0 Å². The van der Waals surface area contributed by atoms with Crippen molar-refractivity contribution >= 4 is 44.2 Å². The number of carbonyl (C=O) groups is 1. The molecule has 0 aliphatic carbocycles. The van der Waals surface area contributed by atoms with E-state index in [1.807, 2.05) is 0 Å². The standard InChI is InChI=1S/C11H12Cl2FNO3S/c1-3-19(17,18)15(7(2)11(13)16)8-4-5-10(14)9(12)6-8/h4-7H,3H2,1-2H3. The van der Waals surface area contributed by atoms with E-state index < -0.39 is 27.1 Å². The lowest BCUT2D eigenvalue weighted by molar-refractivity contribution is -0.112. The fraction of sp³-hybridized carbons (Fsp3) is 0.364. The molecule has 1 aromatic rings. The first-order chi connectivity index (χ1) is 8.70. The van der Waals surface area contributed by atoms with E-state index in [1.165, 1.54) is 19.9 Å². The molecule has 0 radical (unpaired) electrons. The van der Waals surface area contributed by atoms with Crippen LogP contribution in [0.15, 0.2) is 18.2 Å². The Morgan fingerprint density at radius 2 is 2.05 bits per heavy atom. The molecule has 0 spiro atoms. The minimum atomic E-state index is -3.74. The van der Waals surface area contributed by atoms with Gasteiger partial charge in [0.2, 0.25) is 15.3 Å². The van der Waals surface area contributed by atoms with Gasteiger partial charge in [-0.05, 0) is 43.6 Å². The van der Waals surface area contributed by atoms with Crippen LogP contribution in [-0.2, 0) is 14.8 Å². The van der Waals surface area contributed by atoms with Gasteiger partial charge in [-0.3, -0.25) is 9.10 Å². The Balaban J connectivity index is 3.39. The van der Waals surface area contributed by atoms with Crippen molar-refractivity contribution in [3.63, 3.8) is 0 Å². The predicted octanol–water partition coefficient (Wildman–Crippen LogP) is 2.79. The highest BCUT2D eigenvalue weighted by atomic mass is 35.5. The van der Waals surface area contributed by atoms with Crippen molar-refractivity contribution in [2.75, 3.05) is 10.1 Å². The van der Waals surface area contributed by atoms with Crippen molar-refractivity contribution in [2.24, 2.45) is 0 Å². The summed E-state index contributed by atoms with van der Waals surface area (Å²) in [5, 5.41) is -1.07. The fourth-order valence-electron chi connectivity index (χ4n) is 1.48. The first-order valence-corrected chi connectivity index (χ1v) is 7.73. The first-order valence-electron chi connectivity index (χ1n) is 5.37. The second-order valence-electron chi connectivity index (χ2n) is 3.77. The minimum absolute atomic E-state index is 0.0924. The fourth-order valence-corrected chi connectivity index (χ4v) is 3.10. The number of hydrogen-bond acceptors (Lipinski definition) is 3. The Bertz CT molecular complexity index is 592. The number of benzene rings is 1. The van der Waals surface area contributed by atoms with Gasteiger partial charge < -0.3 is 0 Å². The maximum absolute atomic E-state index is 13.1. The van der Waals surface area contributed by atoms with Crippen LogP contribution in [-0.4, -0.2) is 25.5 Å². The maximum Gasteiger partial charge on any atom is 0.245 e. The van der Waals surface area contributed by atoms with E-state index in [0.717, 1.165) is 16.4 Å². The van der Waals surface area contributed by atoms with E-state index >= 15 is 0 Å². The van der Waals surface area contributed by atoms with Gasteiger partial charge in [0.15, 0.2) is 0 Å². The van der Waals surface area contributed by atoms with E-state index in [0.29, 0.717) is 0 Å². The summed E-state index contributed by atoms with van der Waals surface area (Å²) in [6.45, 7) is 2.78. The molecular formula is C11H12Cl2FNO3S. The highest BCUT2D eigenvalue weighted by Crippen LogP contribution is 2.27. The van der Waals surface area contributed by atoms with Gasteiger partial charge in [0.1, 0.15) is 11.9 Å². The van der Waals surface area contributed by atoms with Gasteiger partial charge in [0, 0.05) is 0 Å². The van der Waals surface area contributed by atoms with E-state index in [9.17, 15) is 17.6 Å². The van der Waals surface area contributed by atoms with Crippen molar-refractivity contribution in [1.29, 1.82) is 0 Å². The molecule has 0 aliphatic rings. The van der Waals surface area contributed by atoms with Crippen molar-refractivity contribution < 1.29 is 17.6 Å². The van der Waals surface area contributed by atoms with Crippen LogP contribution in [0.25, 0.3) is 0 Å². The molecule has 0 N–H and O–H groups in total. The lowest BCUT2D eigenvalue weighted by Crippen LogP contribution is -2.42. The number of halogens is 3. The van der Waals surface area contributed by atoms with E-state index in [4.69, 9.17) is 23.2 Å². The van der Waals surface area contributed by atoms with Crippen LogP contribution in [0.1, 0.15) is 13.8 Å². The Morgan fingerprint density at radius 1 is 1.47 bits per heavy atom. The molecule has 0 bridgehead atoms. The molecule has 0 amide bonds. The summed E-state index contributed by atoms with van der Waals surface area (Å²) in [4.78, 5) is 11.2. The lowest BCUT2D eigenvalue weighted by atomic mass is 10.2. The van der Waals surface area contributed by atoms with Gasteiger partial charge in [-0.25, -0.2) is 12.8 Å². The van der Waals surface area contributed by atoms with Crippen molar-refractivity contribution in [3.8, 4) is 0 Å². The summed E-state index contributed by atoms with van der Waals surface area (Å²) >= 11 is 11.0. The van der Waals surface area contributed by atoms with Crippen LogP contribution >= 0.6 is 23.2 Å². The average molecular weight is 328 g/mol. The molecule has 1 rings (SSSR count). The topological polar surface area (TPSA) is 54.5 Å². The van der Waals surface area contributed by atoms with Crippen LogP contribution in [0.4, 0.5) is 10.1 Å². The number of nitrogens with zero attached hydrogens (tertiary/aromatic N) is 1. The van der Waals surface area contributed by atoms with Gasteiger partial charge >= 0.3 is 0 Å². The normalized spacial score (nSPS) is 13.1. The van der Waals surface area contributed by atoms with Gasteiger partial charge in [0.25, 0.3) is 0 Å². The second-order valence-corrected chi connectivity index (χ2v) is 6.69. The lowest BCUT2D eigenvalue weighted by Gasteiger charge is -2.27. The van der Waals surface area contributed by atoms with Crippen molar-refractivity contribution in [3.05, 3.63) is 29.0 Å². The van der Waals surface area contributed by atoms with Crippen molar-refractivity contribution in [1.82, 2.24) is 0 Å². The third-order valence-electron chi connectivity index (χ3n) is 2.50. The monoisotopic (exact) mass is 327 g/mol. The molecular weight excluding hydrogens is 316 g/mol. The number of sulfonamides is 1. The zero-order chi connectivity index (χ0) is 14.8. The molecule has 106 valence electrons. The molecule has 0 aromatic heterocycles. The SMILES string of the molecule is CCS(=O)(=O)N(c1ccc(F)c(Cl)c1)C(C)C(=O)Cl. The Hall–Kier alpha value is -0.850. The van der Waals surface area contributed by atoms with Gasteiger partial charge in [0.05, 0.1) is 16.5 Å². The number of carbonyl (C=O) groups excluding carboxylic acids is 1. The highest BCUT2D eigenvalue weighted by molar-refractivity contribution is 7.92. The molecule has 0 saturated heterocycles. The average Bonchev–Trinajstić information content (AvgIpc) is 2.33. The summed E-state index contributed by atoms with van der Waals surface area (Å²) in [6.07, 6.45) is 0. The predicted molar refractivity (Wildman–Crippen MR) is 73.7 cm³/mol. The zero-order valence-corrected chi connectivity index (χ0v) is 12.6. The summed E-state index contributed by atoms with van der Waals surface area (Å²) in [5.74, 6) is -0.902. The van der Waals surface area contributed by atoms with E-state index in [2.05, 4.69) is 0 Å². The van der Waals surface area contributed by atoms with Gasteiger partial charge in [-0.15, -0.1) is 0 Å². The summed E-state index contributed by atoms with van der Waals surface area (Å²) < 4.78 is 38.0. The van der Waals surface area contributed by atoms with E-state index in [-0.39, 0.29) is 16.5 Å². The molecule has 1 atom stereocenters. The van der Waals surface area contributed by atoms with Crippen LogP contribution < -0.4 is 4.31 Å².